The monoisotopic (exact) mass is 512 g/mol. The summed E-state index contributed by atoms with van der Waals surface area (Å²) in [7, 11) is -2.69. The van der Waals surface area contributed by atoms with Gasteiger partial charge in [0.2, 0.25) is 0 Å². The fraction of sp³-hybridized carbons (Fsp3) is 0.0526. The Morgan fingerprint density at radius 1 is 0.282 bits per heavy atom. The summed E-state index contributed by atoms with van der Waals surface area (Å²) < 4.78 is 0. The van der Waals surface area contributed by atoms with Crippen molar-refractivity contribution in [3.05, 3.63) is 180 Å². The summed E-state index contributed by atoms with van der Waals surface area (Å²) in [5, 5.41) is 2.98. The molecular weight excluding hydrogens is 485 g/mol. The van der Waals surface area contributed by atoms with Gasteiger partial charge in [-0.3, -0.25) is 0 Å². The normalized spacial score (nSPS) is 13.9. The Kier molecular flexibility index (Phi) is 5.08. The maximum Gasteiger partial charge on any atom is 0.141 e. The highest BCUT2D eigenvalue weighted by molar-refractivity contribution is 7.05. The molecule has 0 saturated carbocycles. The van der Waals surface area contributed by atoms with E-state index in [0.717, 1.165) is 0 Å². The highest BCUT2D eigenvalue weighted by atomic mass is 28.3. The van der Waals surface area contributed by atoms with Crippen molar-refractivity contribution >= 4 is 18.4 Å². The van der Waals surface area contributed by atoms with E-state index in [1.54, 1.807) is 0 Å². The van der Waals surface area contributed by atoms with Crippen LogP contribution in [-0.2, 0) is 0 Å². The highest BCUT2D eigenvalue weighted by Crippen LogP contribution is 2.57. The molecule has 1 heteroatoms. The predicted octanol–water partition coefficient (Wildman–Crippen LogP) is 7.95. The fourth-order valence-electron chi connectivity index (χ4n) is 7.72. The molecule has 0 atom stereocenters. The van der Waals surface area contributed by atoms with Gasteiger partial charge in [0.1, 0.15) is 8.07 Å². The fourth-order valence-corrected chi connectivity index (χ4v) is 14.2. The third-order valence-corrected chi connectivity index (χ3v) is 14.7. The number of fused-ring (bicyclic) bond motifs is 6. The van der Waals surface area contributed by atoms with E-state index in [-0.39, 0.29) is 11.1 Å². The van der Waals surface area contributed by atoms with Crippen molar-refractivity contribution < 1.29 is 0 Å². The van der Waals surface area contributed by atoms with Crippen molar-refractivity contribution in [2.45, 2.75) is 11.1 Å². The minimum atomic E-state index is -2.69. The van der Waals surface area contributed by atoms with Gasteiger partial charge in [0, 0.05) is 11.1 Å². The topological polar surface area (TPSA) is 0 Å². The molecule has 0 nitrogen and oxygen atoms in total. The zero-order valence-corrected chi connectivity index (χ0v) is 22.7. The van der Waals surface area contributed by atoms with Gasteiger partial charge in [0.05, 0.1) is 0 Å². The van der Waals surface area contributed by atoms with Crippen molar-refractivity contribution in [2.24, 2.45) is 0 Å². The first-order valence-corrected chi connectivity index (χ1v) is 16.0. The minimum Gasteiger partial charge on any atom is -0.0625 e. The molecule has 6 aromatic rings. The number of hydrogen-bond donors (Lipinski definition) is 0. The maximum absolute atomic E-state index is 2.69. The van der Waals surface area contributed by atoms with Gasteiger partial charge in [-0.2, -0.15) is 0 Å². The van der Waals surface area contributed by atoms with Gasteiger partial charge in [-0.25, -0.2) is 0 Å². The van der Waals surface area contributed by atoms with Crippen molar-refractivity contribution in [3.63, 3.8) is 0 Å². The van der Waals surface area contributed by atoms with Crippen LogP contribution in [0.4, 0.5) is 0 Å². The first kappa shape index (κ1) is 22.5. The molecule has 8 rings (SSSR count). The lowest BCUT2D eigenvalue weighted by Gasteiger charge is -2.45. The molecule has 0 spiro atoms. The molecule has 0 bridgehead atoms. The molecule has 39 heavy (non-hydrogen) atoms. The van der Waals surface area contributed by atoms with E-state index in [4.69, 9.17) is 0 Å². The predicted molar refractivity (Wildman–Crippen MR) is 165 cm³/mol. The van der Waals surface area contributed by atoms with Gasteiger partial charge in [-0.15, -0.1) is 0 Å². The molecule has 2 aliphatic carbocycles. The molecule has 2 aliphatic rings. The lowest BCUT2D eigenvalue weighted by molar-refractivity contribution is 1.03. The van der Waals surface area contributed by atoms with Crippen LogP contribution in [0.15, 0.2) is 158 Å². The van der Waals surface area contributed by atoms with E-state index in [9.17, 15) is 0 Å². The van der Waals surface area contributed by atoms with Crippen molar-refractivity contribution in [2.75, 3.05) is 0 Å². The Morgan fingerprint density at radius 2 is 0.538 bits per heavy atom. The van der Waals surface area contributed by atoms with Gasteiger partial charge < -0.3 is 0 Å². The number of benzene rings is 6. The first-order valence-electron chi connectivity index (χ1n) is 13.9. The average Bonchev–Trinajstić information content (AvgIpc) is 3.53. The van der Waals surface area contributed by atoms with Crippen LogP contribution < -0.4 is 10.4 Å². The quantitative estimate of drug-likeness (QED) is 0.210. The largest absolute Gasteiger partial charge is 0.141 e. The van der Waals surface area contributed by atoms with Crippen LogP contribution in [0.3, 0.4) is 0 Å². The molecule has 0 aromatic heterocycles. The Balaban J connectivity index is 1.57. The second kappa shape index (κ2) is 8.79. The summed E-state index contributed by atoms with van der Waals surface area (Å²) in [6.45, 7) is 0. The molecule has 0 radical (unpaired) electrons. The molecule has 0 N–H and O–H groups in total. The van der Waals surface area contributed by atoms with Crippen molar-refractivity contribution in [3.8, 4) is 22.3 Å². The van der Waals surface area contributed by atoms with Crippen LogP contribution in [0.25, 0.3) is 22.3 Å². The van der Waals surface area contributed by atoms with Crippen LogP contribution >= 0.6 is 0 Å². The molecule has 0 aliphatic heterocycles. The molecule has 0 saturated heterocycles. The van der Waals surface area contributed by atoms with Gasteiger partial charge in [0.15, 0.2) is 0 Å². The lowest BCUT2D eigenvalue weighted by Crippen LogP contribution is -2.66. The Labute approximate surface area is 231 Å². The second-order valence-electron chi connectivity index (χ2n) is 10.8. The van der Waals surface area contributed by atoms with Gasteiger partial charge in [-0.05, 0) is 44.5 Å². The number of rotatable bonds is 4. The van der Waals surface area contributed by atoms with Crippen LogP contribution in [0, 0.1) is 0 Å². The molecule has 0 heterocycles. The van der Waals surface area contributed by atoms with Gasteiger partial charge >= 0.3 is 0 Å². The van der Waals surface area contributed by atoms with E-state index in [1.807, 2.05) is 0 Å². The summed E-state index contributed by atoms with van der Waals surface area (Å²) >= 11 is 0. The first-order chi connectivity index (χ1) is 19.4. The van der Waals surface area contributed by atoms with Crippen LogP contribution in [-0.4, -0.2) is 8.07 Å². The van der Waals surface area contributed by atoms with Crippen molar-refractivity contribution in [1.82, 2.24) is 0 Å². The van der Waals surface area contributed by atoms with Gasteiger partial charge in [-0.1, -0.05) is 168 Å². The Bertz CT molecular complexity index is 1590. The van der Waals surface area contributed by atoms with Crippen LogP contribution in [0.2, 0.25) is 0 Å². The Morgan fingerprint density at radius 3 is 0.846 bits per heavy atom. The SMILES string of the molecule is c1ccc([Si](c2ccccc2)(C2c3ccccc3-c3ccccc32)C2c3ccccc3-c3ccccc32)cc1. The van der Waals surface area contributed by atoms with Gasteiger partial charge in [0.25, 0.3) is 0 Å². The second-order valence-corrected chi connectivity index (χ2v) is 14.9. The summed E-state index contributed by atoms with van der Waals surface area (Å²) in [6.07, 6.45) is 0. The molecular formula is C38H28Si. The average molecular weight is 513 g/mol. The summed E-state index contributed by atoms with van der Waals surface area (Å²) in [4.78, 5) is 0. The minimum absolute atomic E-state index is 0.277. The van der Waals surface area contributed by atoms with E-state index in [2.05, 4.69) is 158 Å². The van der Waals surface area contributed by atoms with Crippen LogP contribution in [0.5, 0.6) is 0 Å². The van der Waals surface area contributed by atoms with Crippen molar-refractivity contribution in [1.29, 1.82) is 0 Å². The lowest BCUT2D eigenvalue weighted by atomic mass is 10.1. The highest BCUT2D eigenvalue weighted by Gasteiger charge is 2.57. The zero-order chi connectivity index (χ0) is 25.8. The smallest absolute Gasteiger partial charge is 0.0625 e. The molecule has 0 fully saturated rings. The third-order valence-electron chi connectivity index (χ3n) is 9.08. The maximum atomic E-state index is 2.42. The number of hydrogen-bond acceptors (Lipinski definition) is 0. The van der Waals surface area contributed by atoms with E-state index < -0.39 is 8.07 Å². The van der Waals surface area contributed by atoms with Crippen LogP contribution in [0.1, 0.15) is 33.3 Å². The Hall–Kier alpha value is -4.46. The summed E-state index contributed by atoms with van der Waals surface area (Å²) in [6, 6.07) is 59.7. The molecule has 184 valence electrons. The summed E-state index contributed by atoms with van der Waals surface area (Å²) in [5.74, 6) is 0. The standard InChI is InChI=1S/C38H28Si/c1-3-15-27(16-4-1)39(28-17-5-2-6-18-28,37-33-23-11-7-19-29(33)30-20-8-12-24-34(30)37)38-35-25-13-9-21-31(35)32-22-10-14-26-36(32)38/h1-26,37-38H. The van der Waals surface area contributed by atoms with E-state index in [1.165, 1.54) is 54.9 Å². The summed E-state index contributed by atoms with van der Waals surface area (Å²) in [5.41, 5.74) is 12.0. The van der Waals surface area contributed by atoms with E-state index >= 15 is 0 Å². The molecule has 0 amide bonds. The van der Waals surface area contributed by atoms with E-state index in [0.29, 0.717) is 0 Å². The molecule has 6 aromatic carbocycles. The molecule has 0 unspecified atom stereocenters. The third kappa shape index (κ3) is 3.11. The zero-order valence-electron chi connectivity index (χ0n) is 21.7.